The van der Waals surface area contributed by atoms with E-state index >= 15 is 0 Å². The Morgan fingerprint density at radius 3 is 2.82 bits per heavy atom. The van der Waals surface area contributed by atoms with Gasteiger partial charge in [0.1, 0.15) is 5.60 Å². The Kier molecular flexibility index (Phi) is 2.98. The van der Waals surface area contributed by atoms with Crippen molar-refractivity contribution < 1.29 is 9.53 Å². The average Bonchev–Trinajstić information content (AvgIpc) is 2.50. The lowest BCUT2D eigenvalue weighted by Crippen LogP contribution is -2.30. The highest BCUT2D eigenvalue weighted by Gasteiger charge is 2.39. The molecule has 0 aliphatic heterocycles. The zero-order valence-electron chi connectivity index (χ0n) is 10.8. The van der Waals surface area contributed by atoms with Gasteiger partial charge in [-0.05, 0) is 38.7 Å². The fraction of sp³-hybridized carbons (Fsp3) is 0.533. The van der Waals surface area contributed by atoms with Gasteiger partial charge in [0.05, 0.1) is 0 Å². The molecule has 0 heterocycles. The number of hydrogen-bond acceptors (Lipinski definition) is 2. The lowest BCUT2D eigenvalue weighted by atomic mass is 9.70. The molecule has 0 aromatic carbocycles. The van der Waals surface area contributed by atoms with Gasteiger partial charge >= 0.3 is 5.97 Å². The van der Waals surface area contributed by atoms with E-state index in [4.69, 9.17) is 4.74 Å². The van der Waals surface area contributed by atoms with Crippen LogP contribution in [0.4, 0.5) is 0 Å². The molecule has 0 aromatic rings. The summed E-state index contributed by atoms with van der Waals surface area (Å²) in [6, 6.07) is 0. The van der Waals surface area contributed by atoms with E-state index in [1.165, 1.54) is 18.1 Å². The molecule has 2 rings (SSSR count). The second-order valence-corrected chi connectivity index (χ2v) is 5.56. The summed E-state index contributed by atoms with van der Waals surface area (Å²) in [4.78, 5) is 11.0. The van der Waals surface area contributed by atoms with E-state index in [1.807, 2.05) is 19.9 Å². The van der Waals surface area contributed by atoms with Crippen molar-refractivity contribution >= 4 is 5.97 Å². The number of hydrogen-bond donors (Lipinski definition) is 0. The number of carbonyl (C=O) groups excluding carboxylic acids is 1. The van der Waals surface area contributed by atoms with Gasteiger partial charge in [0.2, 0.25) is 0 Å². The van der Waals surface area contributed by atoms with Crippen LogP contribution in [0.15, 0.2) is 36.0 Å². The normalized spacial score (nSPS) is 29.4. The molecule has 2 atom stereocenters. The van der Waals surface area contributed by atoms with Crippen molar-refractivity contribution in [1.29, 1.82) is 0 Å². The third kappa shape index (κ3) is 2.51. The number of fused-ring (bicyclic) bond motifs is 1. The summed E-state index contributed by atoms with van der Waals surface area (Å²) in [5, 5.41) is 0. The Morgan fingerprint density at radius 2 is 2.24 bits per heavy atom. The maximum Gasteiger partial charge on any atom is 0.303 e. The first kappa shape index (κ1) is 12.2. The largest absolute Gasteiger partial charge is 0.456 e. The molecule has 92 valence electrons. The van der Waals surface area contributed by atoms with Crippen LogP contribution in [-0.2, 0) is 9.53 Å². The first-order chi connectivity index (χ1) is 7.91. The number of ether oxygens (including phenoxy) is 1. The standard InChI is InChI=1S/C15H20O2/c1-5-11-6-12-8-13(14(12)7-11)9-15(3,4)17-10(2)16/h5,7,9,12,14H,1,6,8H2,2-4H3/t12-,14-/m1/s1. The predicted octanol–water partition coefficient (Wildman–Crippen LogP) is 3.41. The van der Waals surface area contributed by atoms with Gasteiger partial charge in [-0.2, -0.15) is 0 Å². The molecular weight excluding hydrogens is 212 g/mol. The fourth-order valence-corrected chi connectivity index (χ4v) is 2.90. The zero-order chi connectivity index (χ0) is 12.6. The van der Waals surface area contributed by atoms with Gasteiger partial charge < -0.3 is 4.74 Å². The van der Waals surface area contributed by atoms with Crippen LogP contribution in [0.2, 0.25) is 0 Å². The number of allylic oxidation sites excluding steroid dienone is 4. The highest BCUT2D eigenvalue weighted by atomic mass is 16.6. The van der Waals surface area contributed by atoms with E-state index in [0.29, 0.717) is 5.92 Å². The topological polar surface area (TPSA) is 26.3 Å². The Labute approximate surface area is 103 Å². The Balaban J connectivity index is 2.08. The van der Waals surface area contributed by atoms with E-state index in [1.54, 1.807) is 0 Å². The van der Waals surface area contributed by atoms with Gasteiger partial charge in [0, 0.05) is 12.8 Å². The quantitative estimate of drug-likeness (QED) is 0.550. The summed E-state index contributed by atoms with van der Waals surface area (Å²) in [5.41, 5.74) is 2.27. The van der Waals surface area contributed by atoms with Crippen LogP contribution >= 0.6 is 0 Å². The van der Waals surface area contributed by atoms with Crippen molar-refractivity contribution in [3.05, 3.63) is 36.0 Å². The summed E-state index contributed by atoms with van der Waals surface area (Å²) in [5.74, 6) is 1.08. The minimum absolute atomic E-state index is 0.225. The summed E-state index contributed by atoms with van der Waals surface area (Å²) in [7, 11) is 0. The van der Waals surface area contributed by atoms with Gasteiger partial charge in [-0.1, -0.05) is 29.9 Å². The smallest absolute Gasteiger partial charge is 0.303 e. The van der Waals surface area contributed by atoms with Crippen molar-refractivity contribution in [2.45, 2.75) is 39.2 Å². The zero-order valence-corrected chi connectivity index (χ0v) is 10.8. The highest BCUT2D eigenvalue weighted by Crippen LogP contribution is 2.50. The minimum atomic E-state index is -0.489. The van der Waals surface area contributed by atoms with Crippen molar-refractivity contribution in [2.75, 3.05) is 0 Å². The summed E-state index contributed by atoms with van der Waals surface area (Å²) in [6.07, 6.45) is 8.64. The van der Waals surface area contributed by atoms with Crippen molar-refractivity contribution in [1.82, 2.24) is 0 Å². The lowest BCUT2D eigenvalue weighted by molar-refractivity contribution is -0.149. The van der Waals surface area contributed by atoms with Crippen LogP contribution in [0.1, 0.15) is 33.6 Å². The van der Waals surface area contributed by atoms with Crippen LogP contribution in [0.5, 0.6) is 0 Å². The number of rotatable bonds is 3. The molecule has 1 fully saturated rings. The molecule has 0 aromatic heterocycles. The predicted molar refractivity (Wildman–Crippen MR) is 68.4 cm³/mol. The third-order valence-corrected chi connectivity index (χ3v) is 3.53. The molecule has 0 bridgehead atoms. The summed E-state index contributed by atoms with van der Waals surface area (Å²) >= 11 is 0. The molecular formula is C15H20O2. The van der Waals surface area contributed by atoms with Gasteiger partial charge in [0.25, 0.3) is 0 Å². The maximum atomic E-state index is 11.0. The Hall–Kier alpha value is -1.31. The molecule has 0 unspecified atom stereocenters. The summed E-state index contributed by atoms with van der Waals surface area (Å²) in [6.45, 7) is 9.14. The molecule has 0 saturated heterocycles. The number of esters is 1. The van der Waals surface area contributed by atoms with Crippen molar-refractivity contribution in [3.8, 4) is 0 Å². The molecule has 2 aliphatic carbocycles. The molecule has 17 heavy (non-hydrogen) atoms. The summed E-state index contributed by atoms with van der Waals surface area (Å²) < 4.78 is 5.29. The van der Waals surface area contributed by atoms with Gasteiger partial charge in [-0.15, -0.1) is 0 Å². The first-order valence-corrected chi connectivity index (χ1v) is 6.15. The van der Waals surface area contributed by atoms with Crippen LogP contribution in [0, 0.1) is 11.8 Å². The minimum Gasteiger partial charge on any atom is -0.456 e. The third-order valence-electron chi connectivity index (χ3n) is 3.53. The van der Waals surface area contributed by atoms with Crippen LogP contribution < -0.4 is 0 Å². The Morgan fingerprint density at radius 1 is 1.53 bits per heavy atom. The highest BCUT2D eigenvalue weighted by molar-refractivity contribution is 5.66. The van der Waals surface area contributed by atoms with E-state index in [2.05, 4.69) is 18.7 Å². The second-order valence-electron chi connectivity index (χ2n) is 5.56. The molecule has 2 heteroatoms. The SMILES string of the molecule is C=CC1=C[C@H]2C(=CC(C)(C)OC(C)=O)C[C@H]2C1. The van der Waals surface area contributed by atoms with Crippen LogP contribution in [-0.4, -0.2) is 11.6 Å². The molecule has 0 N–H and O–H groups in total. The second kappa shape index (κ2) is 4.17. The van der Waals surface area contributed by atoms with Crippen molar-refractivity contribution in [2.24, 2.45) is 11.8 Å². The molecule has 0 spiro atoms. The first-order valence-electron chi connectivity index (χ1n) is 6.15. The van der Waals surface area contributed by atoms with E-state index in [-0.39, 0.29) is 5.97 Å². The van der Waals surface area contributed by atoms with Gasteiger partial charge in [-0.25, -0.2) is 0 Å². The fourth-order valence-electron chi connectivity index (χ4n) is 2.90. The average molecular weight is 232 g/mol. The molecule has 2 nitrogen and oxygen atoms in total. The molecule has 0 amide bonds. The van der Waals surface area contributed by atoms with Crippen LogP contribution in [0.25, 0.3) is 0 Å². The van der Waals surface area contributed by atoms with E-state index < -0.39 is 5.60 Å². The monoisotopic (exact) mass is 232 g/mol. The lowest BCUT2D eigenvalue weighted by Gasteiger charge is -2.36. The molecule has 0 radical (unpaired) electrons. The molecule has 2 aliphatic rings. The van der Waals surface area contributed by atoms with E-state index in [0.717, 1.165) is 18.8 Å². The van der Waals surface area contributed by atoms with Crippen molar-refractivity contribution in [3.63, 3.8) is 0 Å². The molecule has 1 saturated carbocycles. The maximum absolute atomic E-state index is 11.0. The van der Waals surface area contributed by atoms with Gasteiger partial charge in [0.15, 0.2) is 0 Å². The van der Waals surface area contributed by atoms with E-state index in [9.17, 15) is 4.79 Å². The number of carbonyl (C=O) groups is 1. The Bertz CT molecular complexity index is 413. The van der Waals surface area contributed by atoms with Gasteiger partial charge in [-0.3, -0.25) is 4.79 Å². The van der Waals surface area contributed by atoms with Crippen LogP contribution in [0.3, 0.4) is 0 Å².